The molecule has 1 saturated carbocycles. The van der Waals surface area contributed by atoms with Crippen molar-refractivity contribution < 1.29 is 22.7 Å². The summed E-state index contributed by atoms with van der Waals surface area (Å²) in [5.74, 6) is 0.775. The number of esters is 1. The summed E-state index contributed by atoms with van der Waals surface area (Å²) in [6.07, 6.45) is 3.90. The van der Waals surface area contributed by atoms with E-state index >= 15 is 0 Å². The highest BCUT2D eigenvalue weighted by Gasteiger charge is 2.19. The Morgan fingerprint density at radius 1 is 1.36 bits per heavy atom. The number of benzene rings is 1. The lowest BCUT2D eigenvalue weighted by Crippen LogP contribution is -2.19. The zero-order chi connectivity index (χ0) is 16.2. The predicted molar refractivity (Wildman–Crippen MR) is 81.0 cm³/mol. The fourth-order valence-electron chi connectivity index (χ4n) is 2.33. The van der Waals surface area contributed by atoms with Gasteiger partial charge in [-0.2, -0.15) is 0 Å². The molecule has 0 spiro atoms. The lowest BCUT2D eigenvalue weighted by Gasteiger charge is -2.25. The molecule has 1 aliphatic carbocycles. The molecule has 122 valence electrons. The standard InChI is InChI=1S/C15H21NO5S/c1-20-15(17)8-5-12-9-13(21-10-11-3-2-4-11)6-7-14(12)22(16,18)19/h6-7,9,11H,2-5,8,10H2,1H3,(H2,16,18,19). The molecule has 0 unspecified atom stereocenters. The Labute approximate surface area is 130 Å². The van der Waals surface area contributed by atoms with E-state index in [1.807, 2.05) is 0 Å². The smallest absolute Gasteiger partial charge is 0.305 e. The first kappa shape index (κ1) is 16.8. The van der Waals surface area contributed by atoms with Crippen LogP contribution in [-0.2, 0) is 26.0 Å². The fourth-order valence-corrected chi connectivity index (χ4v) is 3.12. The first-order valence-electron chi connectivity index (χ1n) is 7.25. The third-order valence-corrected chi connectivity index (χ3v) is 4.89. The van der Waals surface area contributed by atoms with Crippen LogP contribution in [0.5, 0.6) is 5.75 Å². The summed E-state index contributed by atoms with van der Waals surface area (Å²) in [7, 11) is -2.54. The molecule has 1 aliphatic rings. The number of nitrogens with two attached hydrogens (primary N) is 1. The summed E-state index contributed by atoms with van der Waals surface area (Å²) in [5.41, 5.74) is 0.471. The fraction of sp³-hybridized carbons (Fsp3) is 0.533. The third kappa shape index (κ3) is 4.45. The molecule has 0 heterocycles. The zero-order valence-corrected chi connectivity index (χ0v) is 13.4. The summed E-state index contributed by atoms with van der Waals surface area (Å²) in [6, 6.07) is 4.67. The van der Waals surface area contributed by atoms with Gasteiger partial charge in [0.1, 0.15) is 5.75 Å². The van der Waals surface area contributed by atoms with Crippen molar-refractivity contribution in [2.45, 2.75) is 37.0 Å². The van der Waals surface area contributed by atoms with Gasteiger partial charge in [0.05, 0.1) is 18.6 Å². The summed E-state index contributed by atoms with van der Waals surface area (Å²) in [6.45, 7) is 0.630. The highest BCUT2D eigenvalue weighted by molar-refractivity contribution is 7.89. The van der Waals surface area contributed by atoms with Crippen LogP contribution in [0, 0.1) is 5.92 Å². The van der Waals surface area contributed by atoms with Gasteiger partial charge in [-0.1, -0.05) is 6.42 Å². The Hall–Kier alpha value is -1.60. The summed E-state index contributed by atoms with van der Waals surface area (Å²) in [5, 5.41) is 5.21. The van der Waals surface area contributed by atoms with Crippen LogP contribution in [0.1, 0.15) is 31.2 Å². The van der Waals surface area contributed by atoms with Crippen molar-refractivity contribution in [3.63, 3.8) is 0 Å². The van der Waals surface area contributed by atoms with E-state index in [0.29, 0.717) is 23.8 Å². The Balaban J connectivity index is 2.14. The van der Waals surface area contributed by atoms with E-state index in [-0.39, 0.29) is 17.7 Å². The van der Waals surface area contributed by atoms with Crippen molar-refractivity contribution in [2.24, 2.45) is 11.1 Å². The van der Waals surface area contributed by atoms with E-state index in [9.17, 15) is 13.2 Å². The summed E-state index contributed by atoms with van der Waals surface area (Å²) >= 11 is 0. The molecule has 0 aromatic heterocycles. The van der Waals surface area contributed by atoms with Crippen molar-refractivity contribution in [3.8, 4) is 5.75 Å². The van der Waals surface area contributed by atoms with E-state index in [2.05, 4.69) is 4.74 Å². The molecule has 0 saturated heterocycles. The second-order valence-electron chi connectivity index (χ2n) is 5.50. The first-order valence-corrected chi connectivity index (χ1v) is 8.80. The van der Waals surface area contributed by atoms with Crippen LogP contribution in [0.2, 0.25) is 0 Å². The molecule has 7 heteroatoms. The van der Waals surface area contributed by atoms with Gasteiger partial charge in [-0.15, -0.1) is 0 Å². The first-order chi connectivity index (χ1) is 10.4. The Kier molecular flexibility index (Phi) is 5.42. The van der Waals surface area contributed by atoms with Gasteiger partial charge in [0.2, 0.25) is 10.0 Å². The molecule has 0 atom stereocenters. The van der Waals surface area contributed by atoms with Gasteiger partial charge in [-0.05, 0) is 48.9 Å². The molecule has 0 amide bonds. The molecule has 0 aliphatic heterocycles. The van der Waals surface area contributed by atoms with Gasteiger partial charge in [-0.3, -0.25) is 4.79 Å². The molecular weight excluding hydrogens is 306 g/mol. The van der Waals surface area contributed by atoms with Crippen molar-refractivity contribution in [1.82, 2.24) is 0 Å². The van der Waals surface area contributed by atoms with Gasteiger partial charge in [0, 0.05) is 6.42 Å². The number of rotatable bonds is 7. The zero-order valence-electron chi connectivity index (χ0n) is 12.6. The Morgan fingerprint density at radius 3 is 2.64 bits per heavy atom. The summed E-state index contributed by atoms with van der Waals surface area (Å²) in [4.78, 5) is 11.3. The van der Waals surface area contributed by atoms with Gasteiger partial charge < -0.3 is 9.47 Å². The lowest BCUT2D eigenvalue weighted by molar-refractivity contribution is -0.140. The number of primary sulfonamides is 1. The quantitative estimate of drug-likeness (QED) is 0.768. The number of hydrogen-bond acceptors (Lipinski definition) is 5. The van der Waals surface area contributed by atoms with Crippen LogP contribution in [-0.4, -0.2) is 28.1 Å². The molecular formula is C15H21NO5S. The van der Waals surface area contributed by atoms with Crippen molar-refractivity contribution in [3.05, 3.63) is 23.8 Å². The van der Waals surface area contributed by atoms with Gasteiger partial charge in [0.25, 0.3) is 0 Å². The molecule has 22 heavy (non-hydrogen) atoms. The molecule has 2 N–H and O–H groups in total. The van der Waals surface area contributed by atoms with Crippen molar-refractivity contribution >= 4 is 16.0 Å². The minimum Gasteiger partial charge on any atom is -0.493 e. The van der Waals surface area contributed by atoms with E-state index in [4.69, 9.17) is 9.88 Å². The molecule has 2 rings (SSSR count). The summed E-state index contributed by atoms with van der Waals surface area (Å²) < 4.78 is 33.5. The van der Waals surface area contributed by atoms with Gasteiger partial charge in [0.15, 0.2) is 0 Å². The normalized spacial score (nSPS) is 15.2. The maximum absolute atomic E-state index is 11.6. The van der Waals surface area contributed by atoms with E-state index in [1.54, 1.807) is 12.1 Å². The molecule has 1 fully saturated rings. The average molecular weight is 327 g/mol. The maximum Gasteiger partial charge on any atom is 0.305 e. The Bertz CT molecular complexity index is 637. The lowest BCUT2D eigenvalue weighted by atomic mass is 9.86. The molecule has 6 nitrogen and oxygen atoms in total. The minimum atomic E-state index is -3.84. The van der Waals surface area contributed by atoms with Crippen LogP contribution in [0.3, 0.4) is 0 Å². The molecule has 1 aromatic rings. The highest BCUT2D eigenvalue weighted by atomic mass is 32.2. The second-order valence-corrected chi connectivity index (χ2v) is 7.03. The predicted octanol–water partition coefficient (Wildman–Crippen LogP) is 1.62. The monoisotopic (exact) mass is 327 g/mol. The largest absolute Gasteiger partial charge is 0.493 e. The topological polar surface area (TPSA) is 95.7 Å². The maximum atomic E-state index is 11.6. The van der Waals surface area contributed by atoms with E-state index < -0.39 is 16.0 Å². The van der Waals surface area contributed by atoms with Crippen LogP contribution < -0.4 is 9.88 Å². The SMILES string of the molecule is COC(=O)CCc1cc(OCC2CCC2)ccc1S(N)(=O)=O. The number of methoxy groups -OCH3 is 1. The van der Waals surface area contributed by atoms with E-state index in [1.165, 1.54) is 32.4 Å². The van der Waals surface area contributed by atoms with Gasteiger partial charge in [-0.25, -0.2) is 13.6 Å². The number of sulfonamides is 1. The van der Waals surface area contributed by atoms with Crippen molar-refractivity contribution in [1.29, 1.82) is 0 Å². The third-order valence-electron chi connectivity index (χ3n) is 3.88. The highest BCUT2D eigenvalue weighted by Crippen LogP contribution is 2.28. The Morgan fingerprint density at radius 2 is 2.09 bits per heavy atom. The second kappa shape index (κ2) is 7.11. The molecule has 0 bridgehead atoms. The van der Waals surface area contributed by atoms with Crippen molar-refractivity contribution in [2.75, 3.05) is 13.7 Å². The van der Waals surface area contributed by atoms with Crippen LogP contribution in [0.4, 0.5) is 0 Å². The minimum absolute atomic E-state index is 0.0207. The van der Waals surface area contributed by atoms with E-state index in [0.717, 1.165) is 0 Å². The number of hydrogen-bond donors (Lipinski definition) is 1. The number of carbonyl (C=O) groups excluding carboxylic acids is 1. The molecule has 0 radical (unpaired) electrons. The van der Waals surface area contributed by atoms with Gasteiger partial charge >= 0.3 is 5.97 Å². The van der Waals surface area contributed by atoms with Crippen LogP contribution in [0.25, 0.3) is 0 Å². The number of carbonyl (C=O) groups is 1. The molecule has 1 aromatic carbocycles. The average Bonchev–Trinajstić information content (AvgIpc) is 2.42. The number of aryl methyl sites for hydroxylation is 1. The van der Waals surface area contributed by atoms with Crippen LogP contribution in [0.15, 0.2) is 23.1 Å². The van der Waals surface area contributed by atoms with Crippen LogP contribution >= 0.6 is 0 Å². The number of ether oxygens (including phenoxy) is 2.